The van der Waals surface area contributed by atoms with Crippen molar-refractivity contribution in [2.75, 3.05) is 13.1 Å². The van der Waals surface area contributed by atoms with E-state index in [0.29, 0.717) is 19.0 Å². The van der Waals surface area contributed by atoms with Crippen LogP contribution < -0.4 is 11.1 Å². The number of nitrogens with two attached hydrogens (primary N) is 1. The van der Waals surface area contributed by atoms with Crippen LogP contribution in [-0.2, 0) is 6.42 Å². The number of H-pyrrole nitrogens is 1. The van der Waals surface area contributed by atoms with Crippen LogP contribution in [0.2, 0.25) is 5.02 Å². The molecule has 3 rings (SSSR count). The molecule has 0 aliphatic rings. The second-order valence-electron chi connectivity index (χ2n) is 6.52. The zero-order valence-electron chi connectivity index (χ0n) is 15.7. The first-order chi connectivity index (χ1) is 13.7. The van der Waals surface area contributed by atoms with E-state index in [0.717, 1.165) is 35.7 Å². The third-order valence-electron chi connectivity index (χ3n) is 4.50. The number of nitrogens with one attached hydrogen (secondary N) is 2. The Morgan fingerprint density at radius 2 is 2.07 bits per heavy atom. The molecule has 0 aliphatic heterocycles. The van der Waals surface area contributed by atoms with Gasteiger partial charge in [0.2, 0.25) is 0 Å². The number of aromatic nitrogens is 3. The van der Waals surface area contributed by atoms with Gasteiger partial charge < -0.3 is 16.0 Å². The maximum Gasteiger partial charge on any atom is 0.188 e. The molecule has 0 bridgehead atoms. The van der Waals surface area contributed by atoms with Crippen LogP contribution in [0.5, 0.6) is 0 Å². The highest BCUT2D eigenvalue weighted by Crippen LogP contribution is 2.27. The van der Waals surface area contributed by atoms with Crippen LogP contribution in [0.1, 0.15) is 35.7 Å². The molecule has 0 fully saturated rings. The van der Waals surface area contributed by atoms with Gasteiger partial charge in [0.1, 0.15) is 0 Å². The van der Waals surface area contributed by atoms with Gasteiger partial charge in [0.25, 0.3) is 0 Å². The fourth-order valence-corrected chi connectivity index (χ4v) is 3.18. The average molecular weight is 397 g/mol. The van der Waals surface area contributed by atoms with Gasteiger partial charge >= 0.3 is 0 Å². The summed E-state index contributed by atoms with van der Waals surface area (Å²) < 4.78 is 0. The first kappa shape index (κ1) is 19.9. The van der Waals surface area contributed by atoms with Crippen molar-refractivity contribution in [2.24, 2.45) is 10.7 Å². The number of hydrogen-bond acceptors (Lipinski definition) is 3. The van der Waals surface area contributed by atoms with E-state index in [1.165, 1.54) is 5.56 Å². The van der Waals surface area contributed by atoms with E-state index < -0.39 is 0 Å². The van der Waals surface area contributed by atoms with E-state index >= 15 is 0 Å². The molecule has 146 valence electrons. The summed E-state index contributed by atoms with van der Waals surface area (Å²) in [5, 5.41) is 3.94. The Hall–Kier alpha value is -2.86. The van der Waals surface area contributed by atoms with Gasteiger partial charge in [-0.25, -0.2) is 4.98 Å². The van der Waals surface area contributed by atoms with Crippen molar-refractivity contribution in [3.8, 4) is 0 Å². The predicted octanol–water partition coefficient (Wildman–Crippen LogP) is 3.52. The van der Waals surface area contributed by atoms with Gasteiger partial charge in [-0.2, -0.15) is 0 Å². The Morgan fingerprint density at radius 3 is 2.79 bits per heavy atom. The Morgan fingerprint density at radius 1 is 1.21 bits per heavy atom. The van der Waals surface area contributed by atoms with Gasteiger partial charge in [-0.05, 0) is 49.1 Å². The average Bonchev–Trinajstić information content (AvgIpc) is 3.24. The highest BCUT2D eigenvalue weighted by Gasteiger charge is 2.15. The number of guanidine groups is 1. The number of aryl methyl sites for hydroxylation is 1. The molecule has 4 N–H and O–H groups in total. The van der Waals surface area contributed by atoms with Gasteiger partial charge in [-0.1, -0.05) is 29.8 Å². The Kier molecular flexibility index (Phi) is 7.44. The zero-order chi connectivity index (χ0) is 19.6. The largest absolute Gasteiger partial charge is 0.370 e. The molecule has 0 saturated heterocycles. The second kappa shape index (κ2) is 10.5. The van der Waals surface area contributed by atoms with Crippen molar-refractivity contribution in [3.63, 3.8) is 0 Å². The Labute approximate surface area is 170 Å². The summed E-state index contributed by atoms with van der Waals surface area (Å²) in [6.45, 7) is 1.39. The number of imidazole rings is 1. The lowest BCUT2D eigenvalue weighted by molar-refractivity contribution is 0.672. The summed E-state index contributed by atoms with van der Waals surface area (Å²) in [5.41, 5.74) is 9.33. The fourth-order valence-electron chi connectivity index (χ4n) is 3.05. The number of nitrogens with zero attached hydrogens (tertiary/aromatic N) is 3. The van der Waals surface area contributed by atoms with Gasteiger partial charge in [0.05, 0.1) is 6.33 Å². The van der Waals surface area contributed by atoms with Crippen molar-refractivity contribution in [2.45, 2.75) is 25.2 Å². The number of pyridine rings is 1. The van der Waals surface area contributed by atoms with Crippen LogP contribution >= 0.6 is 11.6 Å². The monoisotopic (exact) mass is 396 g/mol. The molecular weight excluding hydrogens is 372 g/mol. The Balaban J connectivity index is 1.51. The molecular formula is C21H25ClN6. The summed E-state index contributed by atoms with van der Waals surface area (Å²) >= 11 is 6.04. The Bertz CT molecular complexity index is 846. The third kappa shape index (κ3) is 6.09. The number of aliphatic imine (C=N–C) groups is 1. The van der Waals surface area contributed by atoms with Crippen molar-refractivity contribution in [3.05, 3.63) is 83.2 Å². The minimum atomic E-state index is 0.166. The number of halogens is 1. The molecule has 0 aliphatic carbocycles. The normalized spacial score (nSPS) is 12.7. The summed E-state index contributed by atoms with van der Waals surface area (Å²) in [4.78, 5) is 16.0. The predicted molar refractivity (Wildman–Crippen MR) is 114 cm³/mol. The molecule has 6 nitrogen and oxygen atoms in total. The fraction of sp³-hybridized carbons (Fsp3) is 0.286. The molecule has 1 aromatic carbocycles. The van der Waals surface area contributed by atoms with Crippen LogP contribution in [0, 0.1) is 0 Å². The van der Waals surface area contributed by atoms with E-state index in [4.69, 9.17) is 17.3 Å². The van der Waals surface area contributed by atoms with Crippen molar-refractivity contribution >= 4 is 17.6 Å². The number of aromatic amines is 1. The number of benzene rings is 1. The molecule has 1 unspecified atom stereocenters. The van der Waals surface area contributed by atoms with Gasteiger partial charge in [-0.15, -0.1) is 0 Å². The van der Waals surface area contributed by atoms with E-state index in [1.54, 1.807) is 6.33 Å². The number of hydrogen-bond donors (Lipinski definition) is 3. The summed E-state index contributed by atoms with van der Waals surface area (Å²) in [6.07, 6.45) is 8.03. The molecule has 0 radical (unpaired) electrons. The molecule has 2 aromatic heterocycles. The summed E-state index contributed by atoms with van der Waals surface area (Å²) in [6, 6.07) is 13.9. The SMILES string of the molecule is NC(=NCCCc1cnc[nH]1)NCCC(c1ccc(Cl)cc1)c1ccccn1. The second-order valence-corrected chi connectivity index (χ2v) is 6.96. The quantitative estimate of drug-likeness (QED) is 0.293. The molecule has 2 heterocycles. The first-order valence-corrected chi connectivity index (χ1v) is 9.77. The van der Waals surface area contributed by atoms with Crippen LogP contribution in [-0.4, -0.2) is 34.0 Å². The van der Waals surface area contributed by atoms with Crippen LogP contribution in [0.3, 0.4) is 0 Å². The maximum absolute atomic E-state index is 6.04. The lowest BCUT2D eigenvalue weighted by Gasteiger charge is -2.17. The first-order valence-electron chi connectivity index (χ1n) is 9.40. The summed E-state index contributed by atoms with van der Waals surface area (Å²) in [7, 11) is 0. The molecule has 0 amide bonds. The van der Waals surface area contributed by atoms with Gasteiger partial charge in [0, 0.05) is 47.8 Å². The standard InChI is InChI=1S/C21H25ClN6/c22-17-8-6-16(7-9-17)19(20-5-1-2-11-25-20)10-13-27-21(23)26-12-3-4-18-14-24-15-28-18/h1-2,5-9,11,14-15,19H,3-4,10,12-13H2,(H,24,28)(H3,23,26,27). The van der Waals surface area contributed by atoms with E-state index in [9.17, 15) is 0 Å². The van der Waals surface area contributed by atoms with E-state index in [-0.39, 0.29) is 5.92 Å². The topological polar surface area (TPSA) is 92.0 Å². The maximum atomic E-state index is 6.04. The van der Waals surface area contributed by atoms with E-state index in [1.807, 2.05) is 42.7 Å². The van der Waals surface area contributed by atoms with E-state index in [2.05, 4.69) is 37.4 Å². The van der Waals surface area contributed by atoms with Crippen LogP contribution in [0.15, 0.2) is 66.2 Å². The number of rotatable bonds is 9. The van der Waals surface area contributed by atoms with Crippen molar-refractivity contribution in [1.29, 1.82) is 0 Å². The smallest absolute Gasteiger partial charge is 0.188 e. The molecule has 28 heavy (non-hydrogen) atoms. The summed E-state index contributed by atoms with van der Waals surface area (Å²) in [5.74, 6) is 0.639. The lowest BCUT2D eigenvalue weighted by atomic mass is 9.92. The highest BCUT2D eigenvalue weighted by atomic mass is 35.5. The van der Waals surface area contributed by atoms with Gasteiger partial charge in [-0.3, -0.25) is 9.98 Å². The third-order valence-corrected chi connectivity index (χ3v) is 4.75. The molecule has 0 spiro atoms. The molecule has 3 aromatic rings. The van der Waals surface area contributed by atoms with Crippen molar-refractivity contribution < 1.29 is 0 Å². The minimum absolute atomic E-state index is 0.166. The molecule has 0 saturated carbocycles. The highest BCUT2D eigenvalue weighted by molar-refractivity contribution is 6.30. The molecule has 1 atom stereocenters. The lowest BCUT2D eigenvalue weighted by Crippen LogP contribution is -2.33. The zero-order valence-corrected chi connectivity index (χ0v) is 16.4. The van der Waals surface area contributed by atoms with Gasteiger partial charge in [0.15, 0.2) is 5.96 Å². The van der Waals surface area contributed by atoms with Crippen LogP contribution in [0.25, 0.3) is 0 Å². The van der Waals surface area contributed by atoms with Crippen LogP contribution in [0.4, 0.5) is 0 Å². The van der Waals surface area contributed by atoms with Crippen molar-refractivity contribution in [1.82, 2.24) is 20.3 Å². The molecule has 7 heteroatoms. The minimum Gasteiger partial charge on any atom is -0.370 e.